The van der Waals surface area contributed by atoms with Gasteiger partial charge in [-0.1, -0.05) is 13.2 Å². The molecule has 0 aromatic carbocycles. The molecule has 0 aromatic heterocycles. The first-order chi connectivity index (χ1) is 6.13. The first kappa shape index (κ1) is 9.92. The van der Waals surface area contributed by atoms with Crippen molar-refractivity contribution < 1.29 is 4.74 Å². The molecule has 0 aromatic rings. The highest BCUT2D eigenvalue weighted by Gasteiger charge is 2.27. The summed E-state index contributed by atoms with van der Waals surface area (Å²) in [5.41, 5.74) is 6.38. The van der Waals surface area contributed by atoms with Crippen LogP contribution >= 0.6 is 0 Å². The van der Waals surface area contributed by atoms with Gasteiger partial charge >= 0.3 is 0 Å². The van der Waals surface area contributed by atoms with Gasteiger partial charge in [-0.2, -0.15) is 0 Å². The van der Waals surface area contributed by atoms with Crippen LogP contribution in [0.1, 0.15) is 0 Å². The number of likely N-dealkylation sites (N-methyl/N-ethyl adjacent to an activating group) is 1. The minimum atomic E-state index is 0.269. The van der Waals surface area contributed by atoms with Gasteiger partial charge in [0.05, 0.1) is 18.5 Å². The van der Waals surface area contributed by atoms with Gasteiger partial charge in [-0.05, 0) is 0 Å². The van der Waals surface area contributed by atoms with Crippen LogP contribution in [0.5, 0.6) is 0 Å². The molecule has 74 valence electrons. The third kappa shape index (κ3) is 2.66. The quantitative estimate of drug-likeness (QED) is 0.622. The highest BCUT2D eigenvalue weighted by molar-refractivity contribution is 4.97. The SMILES string of the molecule is C=C(COC1CN(C(=C)N)C1)NC. The van der Waals surface area contributed by atoms with Gasteiger partial charge in [-0.25, -0.2) is 0 Å². The zero-order chi connectivity index (χ0) is 9.84. The topological polar surface area (TPSA) is 50.5 Å². The second kappa shape index (κ2) is 4.18. The van der Waals surface area contributed by atoms with E-state index in [1.165, 1.54) is 0 Å². The smallest absolute Gasteiger partial charge is 0.0930 e. The zero-order valence-electron chi connectivity index (χ0n) is 8.05. The van der Waals surface area contributed by atoms with Crippen LogP contribution in [-0.2, 0) is 4.74 Å². The average Bonchev–Trinajstić information content (AvgIpc) is 2.00. The molecular weight excluding hydrogens is 166 g/mol. The van der Waals surface area contributed by atoms with E-state index in [2.05, 4.69) is 18.5 Å². The molecule has 13 heavy (non-hydrogen) atoms. The van der Waals surface area contributed by atoms with Crippen LogP contribution in [0.3, 0.4) is 0 Å². The van der Waals surface area contributed by atoms with Gasteiger partial charge in [0, 0.05) is 25.8 Å². The minimum Gasteiger partial charge on any atom is -0.390 e. The predicted octanol–water partition coefficient (Wildman–Crippen LogP) is -0.150. The molecule has 0 saturated carbocycles. The Bertz CT molecular complexity index is 209. The van der Waals surface area contributed by atoms with Gasteiger partial charge in [-0.15, -0.1) is 0 Å². The molecule has 0 amide bonds. The van der Waals surface area contributed by atoms with Gasteiger partial charge < -0.3 is 20.7 Å². The molecule has 0 radical (unpaired) electrons. The summed E-state index contributed by atoms with van der Waals surface area (Å²) in [5.74, 6) is 0.618. The Morgan fingerprint density at radius 1 is 1.62 bits per heavy atom. The molecule has 1 aliphatic heterocycles. The van der Waals surface area contributed by atoms with Crippen LogP contribution in [0.4, 0.5) is 0 Å². The molecule has 1 fully saturated rings. The van der Waals surface area contributed by atoms with Gasteiger partial charge in [0.25, 0.3) is 0 Å². The molecule has 1 aliphatic rings. The lowest BCUT2D eigenvalue weighted by Gasteiger charge is -2.40. The standard InChI is InChI=1S/C9H17N3O/c1-7(11-3)6-13-9-4-12(5-9)8(2)10/h9,11H,1-2,4-6,10H2,3H3. The number of ether oxygens (including phenoxy) is 1. The van der Waals surface area contributed by atoms with Crippen molar-refractivity contribution in [2.45, 2.75) is 6.10 Å². The third-order valence-corrected chi connectivity index (χ3v) is 2.10. The Kier molecular flexibility index (Phi) is 3.19. The van der Waals surface area contributed by atoms with Gasteiger partial charge in [-0.3, -0.25) is 0 Å². The summed E-state index contributed by atoms with van der Waals surface area (Å²) in [5, 5.41) is 2.93. The fraction of sp³-hybridized carbons (Fsp3) is 0.556. The van der Waals surface area contributed by atoms with E-state index in [9.17, 15) is 0 Å². The fourth-order valence-corrected chi connectivity index (χ4v) is 1.07. The maximum Gasteiger partial charge on any atom is 0.0930 e. The molecule has 0 bridgehead atoms. The molecule has 0 atom stereocenters. The minimum absolute atomic E-state index is 0.269. The third-order valence-electron chi connectivity index (χ3n) is 2.10. The van der Waals surface area contributed by atoms with E-state index in [1.807, 2.05) is 11.9 Å². The maximum atomic E-state index is 5.51. The lowest BCUT2D eigenvalue weighted by Crippen LogP contribution is -2.52. The van der Waals surface area contributed by atoms with Crippen molar-refractivity contribution in [2.24, 2.45) is 5.73 Å². The summed E-state index contributed by atoms with van der Waals surface area (Å²) >= 11 is 0. The molecule has 1 heterocycles. The van der Waals surface area contributed by atoms with Crippen LogP contribution < -0.4 is 11.1 Å². The van der Waals surface area contributed by atoms with E-state index in [0.717, 1.165) is 18.8 Å². The lowest BCUT2D eigenvalue weighted by molar-refractivity contribution is -0.0315. The van der Waals surface area contributed by atoms with E-state index in [4.69, 9.17) is 10.5 Å². The lowest BCUT2D eigenvalue weighted by atomic mass is 10.2. The van der Waals surface area contributed by atoms with E-state index >= 15 is 0 Å². The van der Waals surface area contributed by atoms with Crippen molar-refractivity contribution in [1.82, 2.24) is 10.2 Å². The summed E-state index contributed by atoms with van der Waals surface area (Å²) in [7, 11) is 1.83. The Morgan fingerprint density at radius 3 is 2.69 bits per heavy atom. The van der Waals surface area contributed by atoms with Crippen molar-refractivity contribution in [3.63, 3.8) is 0 Å². The molecular formula is C9H17N3O. The molecule has 0 aliphatic carbocycles. The van der Waals surface area contributed by atoms with Gasteiger partial charge in [0.2, 0.25) is 0 Å². The first-order valence-electron chi connectivity index (χ1n) is 4.30. The normalized spacial score (nSPS) is 16.5. The summed E-state index contributed by atoms with van der Waals surface area (Å²) in [6.45, 7) is 9.65. The number of nitrogens with one attached hydrogen (secondary N) is 1. The van der Waals surface area contributed by atoms with Crippen molar-refractivity contribution in [2.75, 3.05) is 26.7 Å². The first-order valence-corrected chi connectivity index (χ1v) is 4.30. The van der Waals surface area contributed by atoms with Gasteiger partial charge in [0.1, 0.15) is 0 Å². The molecule has 3 N–H and O–H groups in total. The Labute approximate surface area is 79.0 Å². The molecule has 1 saturated heterocycles. The van der Waals surface area contributed by atoms with Crippen LogP contribution in [0, 0.1) is 0 Å². The highest BCUT2D eigenvalue weighted by Crippen LogP contribution is 2.14. The summed E-state index contributed by atoms with van der Waals surface area (Å²) in [6.07, 6.45) is 0.269. The van der Waals surface area contributed by atoms with E-state index in [0.29, 0.717) is 12.4 Å². The summed E-state index contributed by atoms with van der Waals surface area (Å²) in [6, 6.07) is 0. The molecule has 0 unspecified atom stereocenters. The number of likely N-dealkylation sites (tertiary alicyclic amines) is 1. The zero-order valence-corrected chi connectivity index (χ0v) is 8.05. The van der Waals surface area contributed by atoms with E-state index < -0.39 is 0 Å². The summed E-state index contributed by atoms with van der Waals surface area (Å²) < 4.78 is 5.51. The summed E-state index contributed by atoms with van der Waals surface area (Å²) in [4.78, 5) is 1.98. The second-order valence-electron chi connectivity index (χ2n) is 3.18. The molecule has 1 rings (SSSR count). The van der Waals surface area contributed by atoms with E-state index in [-0.39, 0.29) is 6.10 Å². The fourth-order valence-electron chi connectivity index (χ4n) is 1.07. The van der Waals surface area contributed by atoms with Crippen molar-refractivity contribution >= 4 is 0 Å². The Morgan fingerprint density at radius 2 is 2.23 bits per heavy atom. The molecule has 4 nitrogen and oxygen atoms in total. The Hall–Kier alpha value is -1.16. The maximum absolute atomic E-state index is 5.51. The Balaban J connectivity index is 2.08. The molecule has 0 spiro atoms. The highest BCUT2D eigenvalue weighted by atomic mass is 16.5. The van der Waals surface area contributed by atoms with Crippen LogP contribution in [0.15, 0.2) is 24.7 Å². The van der Waals surface area contributed by atoms with Crippen LogP contribution in [-0.4, -0.2) is 37.7 Å². The van der Waals surface area contributed by atoms with Crippen molar-refractivity contribution in [3.8, 4) is 0 Å². The monoisotopic (exact) mass is 183 g/mol. The van der Waals surface area contributed by atoms with Gasteiger partial charge in [0.15, 0.2) is 0 Å². The molecule has 4 heteroatoms. The second-order valence-corrected chi connectivity index (χ2v) is 3.18. The van der Waals surface area contributed by atoms with Crippen molar-refractivity contribution in [3.05, 3.63) is 24.7 Å². The number of nitrogens with zero attached hydrogens (tertiary/aromatic N) is 1. The average molecular weight is 183 g/mol. The van der Waals surface area contributed by atoms with Crippen LogP contribution in [0.25, 0.3) is 0 Å². The number of hydrogen-bond donors (Lipinski definition) is 2. The number of rotatable bonds is 5. The number of hydrogen-bond acceptors (Lipinski definition) is 4. The largest absolute Gasteiger partial charge is 0.390 e. The number of nitrogens with two attached hydrogens (primary N) is 1. The van der Waals surface area contributed by atoms with Crippen LogP contribution in [0.2, 0.25) is 0 Å². The predicted molar refractivity (Wildman–Crippen MR) is 52.8 cm³/mol. The van der Waals surface area contributed by atoms with Crippen molar-refractivity contribution in [1.29, 1.82) is 0 Å². The van der Waals surface area contributed by atoms with E-state index in [1.54, 1.807) is 0 Å².